The Bertz CT molecular complexity index is 630. The second kappa shape index (κ2) is 4.62. The Morgan fingerprint density at radius 2 is 2.29 bits per heavy atom. The van der Waals surface area contributed by atoms with Gasteiger partial charge >= 0.3 is 0 Å². The third kappa shape index (κ3) is 2.28. The first kappa shape index (κ1) is 12.3. The van der Waals surface area contributed by atoms with E-state index in [1.54, 1.807) is 14.0 Å². The van der Waals surface area contributed by atoms with Crippen molar-refractivity contribution < 1.29 is 4.79 Å². The highest BCUT2D eigenvalue weighted by Crippen LogP contribution is 2.23. The molecule has 0 aliphatic heterocycles. The van der Waals surface area contributed by atoms with E-state index in [1.807, 2.05) is 18.4 Å². The predicted octanol–water partition coefficient (Wildman–Crippen LogP) is 2.06. The normalized spacial score (nSPS) is 12.9. The van der Waals surface area contributed by atoms with Crippen LogP contribution < -0.4 is 5.56 Å². The fraction of sp³-hybridized carbons (Fsp3) is 0.364. The summed E-state index contributed by atoms with van der Waals surface area (Å²) < 4.78 is 2.16. The lowest BCUT2D eigenvalue weighted by atomic mass is 10.3. The molecule has 1 atom stereocenters. The minimum atomic E-state index is -0.191. The number of thioether (sulfide) groups is 1. The molecule has 0 aliphatic rings. The number of ketones is 1. The first-order valence-corrected chi connectivity index (χ1v) is 6.88. The summed E-state index contributed by atoms with van der Waals surface area (Å²) >= 11 is 2.71. The molecule has 0 N–H and O–H groups in total. The lowest BCUT2D eigenvalue weighted by molar-refractivity contribution is -0.116. The van der Waals surface area contributed by atoms with E-state index in [4.69, 9.17) is 0 Å². The molecule has 6 heteroatoms. The van der Waals surface area contributed by atoms with Crippen LogP contribution in [0.2, 0.25) is 0 Å². The molecule has 90 valence electrons. The van der Waals surface area contributed by atoms with Crippen LogP contribution in [-0.4, -0.2) is 20.6 Å². The maximum atomic E-state index is 12.0. The molecular formula is C11H12N2O2S2. The summed E-state index contributed by atoms with van der Waals surface area (Å²) in [4.78, 5) is 27.6. The van der Waals surface area contributed by atoms with Gasteiger partial charge in [0.25, 0.3) is 5.56 Å². The molecule has 0 radical (unpaired) electrons. The Morgan fingerprint density at radius 3 is 2.94 bits per heavy atom. The molecule has 2 heterocycles. The molecule has 0 fully saturated rings. The van der Waals surface area contributed by atoms with Gasteiger partial charge in [-0.1, -0.05) is 11.8 Å². The number of nitrogens with zero attached hydrogens (tertiary/aromatic N) is 2. The largest absolute Gasteiger partial charge is 0.299 e. The van der Waals surface area contributed by atoms with E-state index in [1.165, 1.54) is 27.7 Å². The summed E-state index contributed by atoms with van der Waals surface area (Å²) in [6.45, 7) is 3.36. The predicted molar refractivity (Wildman–Crippen MR) is 70.9 cm³/mol. The van der Waals surface area contributed by atoms with Gasteiger partial charge in [0, 0.05) is 7.05 Å². The van der Waals surface area contributed by atoms with E-state index in [9.17, 15) is 9.59 Å². The summed E-state index contributed by atoms with van der Waals surface area (Å²) in [5, 5.41) is 2.25. The quantitative estimate of drug-likeness (QED) is 0.631. The molecule has 0 saturated carbocycles. The van der Waals surface area contributed by atoms with Crippen molar-refractivity contribution in [1.82, 2.24) is 9.55 Å². The molecule has 0 aliphatic carbocycles. The van der Waals surface area contributed by atoms with Crippen LogP contribution in [0.3, 0.4) is 0 Å². The van der Waals surface area contributed by atoms with Crippen molar-refractivity contribution in [3.63, 3.8) is 0 Å². The molecule has 17 heavy (non-hydrogen) atoms. The summed E-state index contributed by atoms with van der Waals surface area (Å²) in [7, 11) is 1.68. The highest BCUT2D eigenvalue weighted by atomic mass is 32.2. The fourth-order valence-corrected chi connectivity index (χ4v) is 2.99. The second-order valence-corrected chi connectivity index (χ2v) is 5.99. The Labute approximate surface area is 107 Å². The topological polar surface area (TPSA) is 52.0 Å². The van der Waals surface area contributed by atoms with E-state index in [-0.39, 0.29) is 16.6 Å². The van der Waals surface area contributed by atoms with E-state index >= 15 is 0 Å². The molecule has 4 nitrogen and oxygen atoms in total. The molecule has 0 spiro atoms. The summed E-state index contributed by atoms with van der Waals surface area (Å²) in [5.41, 5.74) is 0.652. The number of fused-ring (bicyclic) bond motifs is 1. The number of hydrogen-bond donors (Lipinski definition) is 0. The van der Waals surface area contributed by atoms with Gasteiger partial charge in [0.05, 0.1) is 10.8 Å². The second-order valence-electron chi connectivity index (χ2n) is 3.76. The minimum absolute atomic E-state index is 0.0525. The van der Waals surface area contributed by atoms with Crippen molar-refractivity contribution in [2.45, 2.75) is 24.3 Å². The zero-order valence-electron chi connectivity index (χ0n) is 9.76. The Morgan fingerprint density at radius 1 is 1.59 bits per heavy atom. The smallest absolute Gasteiger partial charge is 0.271 e. The Balaban J connectivity index is 2.51. The zero-order chi connectivity index (χ0) is 12.6. The number of carbonyl (C=O) groups is 1. The molecule has 1 unspecified atom stereocenters. The SMILES string of the molecule is CC(=O)C(C)Sc1nc2ccsc2c(=O)n1C. The molecule has 0 aromatic carbocycles. The van der Waals surface area contributed by atoms with Gasteiger partial charge in [-0.3, -0.25) is 14.2 Å². The van der Waals surface area contributed by atoms with Crippen LogP contribution in [0.1, 0.15) is 13.8 Å². The van der Waals surface area contributed by atoms with E-state index in [0.29, 0.717) is 15.4 Å². The summed E-state index contributed by atoms with van der Waals surface area (Å²) in [5.74, 6) is 0.0784. The fourth-order valence-electron chi connectivity index (χ4n) is 1.31. The molecule has 0 bridgehead atoms. The molecule has 2 aromatic heterocycles. The summed E-state index contributed by atoms with van der Waals surface area (Å²) in [6.07, 6.45) is 0. The van der Waals surface area contributed by atoms with Crippen LogP contribution in [0.4, 0.5) is 0 Å². The lowest BCUT2D eigenvalue weighted by Gasteiger charge is -2.10. The average Bonchev–Trinajstić information content (AvgIpc) is 2.73. The summed E-state index contributed by atoms with van der Waals surface area (Å²) in [6, 6.07) is 1.82. The van der Waals surface area contributed by atoms with Crippen LogP contribution in [0, 0.1) is 0 Å². The average molecular weight is 268 g/mol. The molecule has 0 saturated heterocycles. The monoisotopic (exact) mass is 268 g/mol. The highest BCUT2D eigenvalue weighted by molar-refractivity contribution is 8.00. The standard InChI is InChI=1S/C11H12N2O2S2/c1-6(14)7(2)17-11-12-8-4-5-16-9(8)10(15)13(11)3/h4-5,7H,1-3H3. The number of rotatable bonds is 3. The zero-order valence-corrected chi connectivity index (χ0v) is 11.4. The molecule has 2 rings (SSSR count). The van der Waals surface area contributed by atoms with Crippen molar-refractivity contribution >= 4 is 39.1 Å². The van der Waals surface area contributed by atoms with Crippen molar-refractivity contribution in [1.29, 1.82) is 0 Å². The number of aromatic nitrogens is 2. The van der Waals surface area contributed by atoms with Crippen molar-refractivity contribution in [3.8, 4) is 0 Å². The van der Waals surface area contributed by atoms with E-state index < -0.39 is 0 Å². The highest BCUT2D eigenvalue weighted by Gasteiger charge is 2.15. The lowest BCUT2D eigenvalue weighted by Crippen LogP contribution is -2.20. The number of hydrogen-bond acceptors (Lipinski definition) is 5. The van der Waals surface area contributed by atoms with Crippen LogP contribution >= 0.6 is 23.1 Å². The molecular weight excluding hydrogens is 256 g/mol. The van der Waals surface area contributed by atoms with Gasteiger partial charge in [-0.05, 0) is 25.3 Å². The van der Waals surface area contributed by atoms with Crippen molar-refractivity contribution in [2.75, 3.05) is 0 Å². The van der Waals surface area contributed by atoms with Gasteiger partial charge in [0.15, 0.2) is 5.16 Å². The van der Waals surface area contributed by atoms with Crippen LogP contribution in [0.15, 0.2) is 21.4 Å². The molecule has 2 aromatic rings. The maximum absolute atomic E-state index is 12.0. The third-order valence-corrected chi connectivity index (χ3v) is 4.65. The number of carbonyl (C=O) groups excluding carboxylic acids is 1. The number of thiophene rings is 1. The minimum Gasteiger partial charge on any atom is -0.299 e. The van der Waals surface area contributed by atoms with Gasteiger partial charge in [0.1, 0.15) is 10.5 Å². The maximum Gasteiger partial charge on any atom is 0.271 e. The van der Waals surface area contributed by atoms with Gasteiger partial charge in [-0.2, -0.15) is 0 Å². The molecule has 0 amide bonds. The van der Waals surface area contributed by atoms with E-state index in [0.717, 1.165) is 0 Å². The third-order valence-electron chi connectivity index (χ3n) is 2.50. The van der Waals surface area contributed by atoms with Crippen molar-refractivity contribution in [2.24, 2.45) is 7.05 Å². The van der Waals surface area contributed by atoms with Crippen molar-refractivity contribution in [3.05, 3.63) is 21.8 Å². The Hall–Kier alpha value is -1.14. The Kier molecular flexibility index (Phi) is 3.35. The van der Waals surface area contributed by atoms with Gasteiger partial charge in [-0.25, -0.2) is 4.98 Å². The van der Waals surface area contributed by atoms with Crippen LogP contribution in [-0.2, 0) is 11.8 Å². The van der Waals surface area contributed by atoms with Gasteiger partial charge < -0.3 is 0 Å². The van der Waals surface area contributed by atoms with Gasteiger partial charge in [0.2, 0.25) is 0 Å². The van der Waals surface area contributed by atoms with Gasteiger partial charge in [-0.15, -0.1) is 11.3 Å². The first-order valence-electron chi connectivity index (χ1n) is 5.12. The van der Waals surface area contributed by atoms with E-state index in [2.05, 4.69) is 4.98 Å². The van der Waals surface area contributed by atoms with Crippen LogP contribution in [0.25, 0.3) is 10.2 Å². The first-order chi connectivity index (χ1) is 8.00. The van der Waals surface area contributed by atoms with Crippen LogP contribution in [0.5, 0.6) is 0 Å². The number of Topliss-reactive ketones (excluding diaryl/α,β-unsaturated/α-hetero) is 1.